The van der Waals surface area contributed by atoms with Crippen molar-refractivity contribution in [1.29, 1.82) is 0 Å². The van der Waals surface area contributed by atoms with Gasteiger partial charge in [0.25, 0.3) is 11.8 Å². The Morgan fingerprint density at radius 2 is 1.93 bits per heavy atom. The minimum absolute atomic E-state index is 0.116. The van der Waals surface area contributed by atoms with Crippen LogP contribution >= 0.6 is 0 Å². The van der Waals surface area contributed by atoms with Gasteiger partial charge in [0.2, 0.25) is 11.8 Å². The van der Waals surface area contributed by atoms with Crippen LogP contribution in [-0.4, -0.2) is 54.2 Å². The van der Waals surface area contributed by atoms with E-state index in [1.807, 2.05) is 6.07 Å². The maximum Gasteiger partial charge on any atom is 0.264 e. The van der Waals surface area contributed by atoms with Crippen LogP contribution in [0.3, 0.4) is 0 Å². The Morgan fingerprint density at radius 1 is 1.17 bits per heavy atom. The van der Waals surface area contributed by atoms with E-state index in [2.05, 4.69) is 22.9 Å². The van der Waals surface area contributed by atoms with E-state index in [1.54, 1.807) is 12.1 Å². The third-order valence-electron chi connectivity index (χ3n) is 7.28. The van der Waals surface area contributed by atoms with E-state index in [0.29, 0.717) is 34.1 Å². The summed E-state index contributed by atoms with van der Waals surface area (Å²) in [5.41, 5.74) is 1.79. The van der Waals surface area contributed by atoms with Crippen molar-refractivity contribution in [2.45, 2.75) is 38.6 Å². The first-order valence-electron chi connectivity index (χ1n) is 10.7. The number of piperidine rings is 1. The first-order chi connectivity index (χ1) is 14.4. The number of carbonyl (C=O) groups is 4. The highest BCUT2D eigenvalue weighted by Crippen LogP contribution is 2.51. The van der Waals surface area contributed by atoms with Crippen LogP contribution in [0.5, 0.6) is 0 Å². The molecular weight excluding hydrogens is 384 g/mol. The van der Waals surface area contributed by atoms with E-state index in [0.717, 1.165) is 24.5 Å². The molecule has 3 aliphatic heterocycles. The maximum atomic E-state index is 13.1. The van der Waals surface area contributed by atoms with Crippen LogP contribution in [0.1, 0.15) is 53.3 Å². The Kier molecular flexibility index (Phi) is 4.43. The number of hydrogen-bond acceptors (Lipinski definition) is 6. The first-order valence-corrected chi connectivity index (χ1v) is 10.7. The van der Waals surface area contributed by atoms with Gasteiger partial charge in [-0.15, -0.1) is 0 Å². The molecule has 3 heterocycles. The number of fused-ring (bicyclic) bond motifs is 1. The summed E-state index contributed by atoms with van der Waals surface area (Å²) in [5.74, 6) is -0.768. The van der Waals surface area contributed by atoms with Gasteiger partial charge in [-0.05, 0) is 48.6 Å². The van der Waals surface area contributed by atoms with Crippen LogP contribution < -0.4 is 16.0 Å². The number of benzene rings is 1. The van der Waals surface area contributed by atoms with Crippen molar-refractivity contribution in [3.05, 3.63) is 29.3 Å². The standard InChI is InChI=1S/C22H26N4O4/c1-12(13-7-22(8-13)10-23-11-22)9-24-15-4-2-3-14-18(15)21(30)26(20(14)29)16-5-6-17(27)25-19(16)28/h2-4,12-13,16,23-24H,5-11H2,1H3,(H,25,27,28). The van der Waals surface area contributed by atoms with Gasteiger partial charge in [0, 0.05) is 31.7 Å². The molecule has 3 fully saturated rings. The number of anilines is 1. The Balaban J connectivity index is 1.30. The van der Waals surface area contributed by atoms with Crippen molar-refractivity contribution in [2.75, 3.05) is 25.0 Å². The highest BCUT2D eigenvalue weighted by atomic mass is 16.2. The smallest absolute Gasteiger partial charge is 0.264 e. The molecule has 4 aliphatic rings. The molecule has 1 aliphatic carbocycles. The quantitative estimate of drug-likeness (QED) is 0.629. The second kappa shape index (κ2) is 6.91. The Bertz CT molecular complexity index is 946. The lowest BCUT2D eigenvalue weighted by Crippen LogP contribution is -2.61. The van der Waals surface area contributed by atoms with E-state index in [4.69, 9.17) is 0 Å². The summed E-state index contributed by atoms with van der Waals surface area (Å²) in [4.78, 5) is 50.7. The Labute approximate surface area is 174 Å². The number of rotatable bonds is 5. The summed E-state index contributed by atoms with van der Waals surface area (Å²) in [6.45, 7) is 5.21. The molecule has 1 spiro atoms. The molecule has 3 N–H and O–H groups in total. The van der Waals surface area contributed by atoms with Gasteiger partial charge >= 0.3 is 0 Å². The SMILES string of the molecule is CC(CNc1cccc2c1C(=O)N(C1CCC(=O)NC1=O)C2=O)C1CC2(CNC2)C1. The van der Waals surface area contributed by atoms with E-state index < -0.39 is 23.8 Å². The summed E-state index contributed by atoms with van der Waals surface area (Å²) < 4.78 is 0. The number of nitrogens with one attached hydrogen (secondary N) is 3. The number of imide groups is 2. The fourth-order valence-electron chi connectivity index (χ4n) is 5.32. The summed E-state index contributed by atoms with van der Waals surface area (Å²) in [6.07, 6.45) is 2.77. The van der Waals surface area contributed by atoms with E-state index in [-0.39, 0.29) is 18.7 Å². The minimum Gasteiger partial charge on any atom is -0.384 e. The normalized spacial score (nSPS) is 26.2. The van der Waals surface area contributed by atoms with Crippen LogP contribution in [0.4, 0.5) is 5.69 Å². The molecule has 0 aromatic heterocycles. The lowest BCUT2D eigenvalue weighted by molar-refractivity contribution is -0.136. The molecule has 4 amide bonds. The average Bonchev–Trinajstić information content (AvgIpc) is 2.89. The Morgan fingerprint density at radius 3 is 2.60 bits per heavy atom. The third-order valence-corrected chi connectivity index (χ3v) is 7.28. The fourth-order valence-corrected chi connectivity index (χ4v) is 5.32. The molecule has 5 rings (SSSR count). The molecule has 0 radical (unpaired) electrons. The first kappa shape index (κ1) is 19.2. The molecule has 2 atom stereocenters. The second-order valence-electron chi connectivity index (χ2n) is 9.31. The Hall–Kier alpha value is -2.74. The lowest BCUT2D eigenvalue weighted by atomic mass is 9.55. The number of hydrogen-bond donors (Lipinski definition) is 3. The van der Waals surface area contributed by atoms with Crippen LogP contribution in [0.25, 0.3) is 0 Å². The van der Waals surface area contributed by atoms with Crippen LogP contribution in [-0.2, 0) is 9.59 Å². The molecule has 1 saturated carbocycles. The monoisotopic (exact) mass is 410 g/mol. The van der Waals surface area contributed by atoms with Gasteiger partial charge in [-0.2, -0.15) is 0 Å². The molecule has 8 heteroatoms. The zero-order valence-corrected chi connectivity index (χ0v) is 17.0. The number of nitrogens with zero attached hydrogens (tertiary/aromatic N) is 1. The molecule has 0 bridgehead atoms. The van der Waals surface area contributed by atoms with Crippen molar-refractivity contribution in [3.63, 3.8) is 0 Å². The maximum absolute atomic E-state index is 13.1. The minimum atomic E-state index is -0.941. The summed E-state index contributed by atoms with van der Waals surface area (Å²) in [5, 5.41) is 8.96. The van der Waals surface area contributed by atoms with E-state index in [1.165, 1.54) is 12.8 Å². The van der Waals surface area contributed by atoms with Crippen molar-refractivity contribution < 1.29 is 19.2 Å². The third kappa shape index (κ3) is 2.93. The molecule has 158 valence electrons. The molecule has 8 nitrogen and oxygen atoms in total. The molecule has 2 saturated heterocycles. The van der Waals surface area contributed by atoms with Gasteiger partial charge in [-0.3, -0.25) is 29.4 Å². The zero-order valence-electron chi connectivity index (χ0n) is 17.0. The van der Waals surface area contributed by atoms with Gasteiger partial charge in [0.1, 0.15) is 6.04 Å². The topological polar surface area (TPSA) is 108 Å². The van der Waals surface area contributed by atoms with Crippen LogP contribution in [0.2, 0.25) is 0 Å². The average molecular weight is 410 g/mol. The molecule has 30 heavy (non-hydrogen) atoms. The van der Waals surface area contributed by atoms with Gasteiger partial charge in [-0.1, -0.05) is 13.0 Å². The summed E-state index contributed by atoms with van der Waals surface area (Å²) in [7, 11) is 0. The molecule has 2 unspecified atom stereocenters. The largest absolute Gasteiger partial charge is 0.384 e. The van der Waals surface area contributed by atoms with Gasteiger partial charge < -0.3 is 10.6 Å². The summed E-state index contributed by atoms with van der Waals surface area (Å²) in [6, 6.07) is 4.24. The highest BCUT2D eigenvalue weighted by Gasteiger charge is 2.50. The van der Waals surface area contributed by atoms with Crippen LogP contribution in [0.15, 0.2) is 18.2 Å². The zero-order chi connectivity index (χ0) is 21.0. The predicted octanol–water partition coefficient (Wildman–Crippen LogP) is 1.14. The van der Waals surface area contributed by atoms with Crippen molar-refractivity contribution in [1.82, 2.24) is 15.5 Å². The van der Waals surface area contributed by atoms with Crippen molar-refractivity contribution in [2.24, 2.45) is 17.3 Å². The molecular formula is C22H26N4O4. The van der Waals surface area contributed by atoms with E-state index in [9.17, 15) is 19.2 Å². The second-order valence-corrected chi connectivity index (χ2v) is 9.31. The van der Waals surface area contributed by atoms with E-state index >= 15 is 0 Å². The van der Waals surface area contributed by atoms with Gasteiger partial charge in [0.05, 0.1) is 11.1 Å². The fraction of sp³-hybridized carbons (Fsp3) is 0.545. The van der Waals surface area contributed by atoms with Crippen LogP contribution in [0, 0.1) is 17.3 Å². The lowest BCUT2D eigenvalue weighted by Gasteiger charge is -2.56. The number of amides is 4. The van der Waals surface area contributed by atoms with Crippen molar-refractivity contribution in [3.8, 4) is 0 Å². The number of carbonyl (C=O) groups excluding carboxylic acids is 4. The van der Waals surface area contributed by atoms with Gasteiger partial charge in [-0.25, -0.2) is 0 Å². The van der Waals surface area contributed by atoms with Gasteiger partial charge in [0.15, 0.2) is 0 Å². The molecule has 1 aromatic carbocycles. The predicted molar refractivity (Wildman–Crippen MR) is 109 cm³/mol. The van der Waals surface area contributed by atoms with Crippen molar-refractivity contribution >= 4 is 29.3 Å². The molecule has 1 aromatic rings. The highest BCUT2D eigenvalue weighted by molar-refractivity contribution is 6.25. The summed E-state index contributed by atoms with van der Waals surface area (Å²) >= 11 is 0.